The molecule has 3 rings (SSSR count). The minimum atomic E-state index is -3.97. The first-order valence-corrected chi connectivity index (χ1v) is 11.4. The fourth-order valence-electron chi connectivity index (χ4n) is 3.48. The number of hydrogen-bond acceptors (Lipinski definition) is 4. The first kappa shape index (κ1) is 21.3. The van der Waals surface area contributed by atoms with Crippen molar-refractivity contribution >= 4 is 16.1 Å². The molecule has 2 amide bonds. The van der Waals surface area contributed by atoms with Crippen LogP contribution < -0.4 is 0 Å². The van der Waals surface area contributed by atoms with Crippen molar-refractivity contribution in [1.82, 2.24) is 14.1 Å². The van der Waals surface area contributed by atoms with Crippen LogP contribution in [-0.2, 0) is 16.6 Å². The Balaban J connectivity index is 1.93. The van der Waals surface area contributed by atoms with Gasteiger partial charge in [-0.2, -0.15) is 0 Å². The molecule has 1 fully saturated rings. The highest BCUT2D eigenvalue weighted by atomic mass is 32.2. The van der Waals surface area contributed by atoms with Crippen LogP contribution in [0.25, 0.3) is 0 Å². The van der Waals surface area contributed by atoms with Gasteiger partial charge in [0.05, 0.1) is 11.4 Å². The zero-order chi connectivity index (χ0) is 21.0. The van der Waals surface area contributed by atoms with E-state index >= 15 is 0 Å². The van der Waals surface area contributed by atoms with Crippen molar-refractivity contribution in [1.29, 1.82) is 0 Å². The Morgan fingerprint density at radius 2 is 1.62 bits per heavy atom. The summed E-state index contributed by atoms with van der Waals surface area (Å²) < 4.78 is 27.8. The van der Waals surface area contributed by atoms with E-state index in [4.69, 9.17) is 0 Å². The molecule has 0 saturated carbocycles. The molecule has 0 N–H and O–H groups in total. The Labute approximate surface area is 173 Å². The molecule has 0 unspecified atom stereocenters. The van der Waals surface area contributed by atoms with Crippen LogP contribution in [0.3, 0.4) is 0 Å². The maximum absolute atomic E-state index is 13.4. The molecule has 6 nitrogen and oxygen atoms in total. The van der Waals surface area contributed by atoms with E-state index in [1.165, 1.54) is 0 Å². The molecule has 0 spiro atoms. The van der Waals surface area contributed by atoms with E-state index in [0.29, 0.717) is 13.1 Å². The highest BCUT2D eigenvalue weighted by Gasteiger charge is 2.34. The van der Waals surface area contributed by atoms with Crippen LogP contribution in [0.1, 0.15) is 23.6 Å². The SMILES string of the molecule is CCN1CCN(C(=O)N(Cc2cccc(C)c2)S(=O)(=O)c2ccc(C)cc2)CC1. The monoisotopic (exact) mass is 415 g/mol. The summed E-state index contributed by atoms with van der Waals surface area (Å²) in [5.74, 6) is 0. The number of nitrogens with zero attached hydrogens (tertiary/aromatic N) is 3. The topological polar surface area (TPSA) is 60.9 Å². The van der Waals surface area contributed by atoms with Gasteiger partial charge in [-0.15, -0.1) is 0 Å². The van der Waals surface area contributed by atoms with Crippen molar-refractivity contribution < 1.29 is 13.2 Å². The van der Waals surface area contributed by atoms with E-state index in [-0.39, 0.29) is 11.4 Å². The molecule has 0 aliphatic carbocycles. The van der Waals surface area contributed by atoms with Crippen molar-refractivity contribution in [3.63, 3.8) is 0 Å². The quantitative estimate of drug-likeness (QED) is 0.752. The number of amides is 2. The molecule has 1 aliphatic rings. The maximum Gasteiger partial charge on any atom is 0.334 e. The standard InChI is InChI=1S/C22H29N3O3S/c1-4-23-12-14-24(15-13-23)22(26)25(17-20-7-5-6-19(3)16-20)29(27,28)21-10-8-18(2)9-11-21/h5-11,16H,4,12-15,17H2,1-3H3. The number of urea groups is 1. The largest absolute Gasteiger partial charge is 0.334 e. The van der Waals surface area contributed by atoms with Crippen molar-refractivity contribution in [3.05, 3.63) is 65.2 Å². The molecular formula is C22H29N3O3S. The molecule has 0 aromatic heterocycles. The van der Waals surface area contributed by atoms with Gasteiger partial charge in [0.1, 0.15) is 0 Å². The second-order valence-corrected chi connectivity index (χ2v) is 9.38. The smallest absolute Gasteiger partial charge is 0.321 e. The Morgan fingerprint density at radius 1 is 0.966 bits per heavy atom. The van der Waals surface area contributed by atoms with E-state index in [0.717, 1.165) is 40.6 Å². The summed E-state index contributed by atoms with van der Waals surface area (Å²) >= 11 is 0. The van der Waals surface area contributed by atoms with Crippen LogP contribution >= 0.6 is 0 Å². The molecule has 2 aromatic rings. The van der Waals surface area contributed by atoms with E-state index in [2.05, 4.69) is 11.8 Å². The molecule has 0 bridgehead atoms. The van der Waals surface area contributed by atoms with E-state index in [1.807, 2.05) is 38.1 Å². The van der Waals surface area contributed by atoms with Crippen LogP contribution in [0, 0.1) is 13.8 Å². The van der Waals surface area contributed by atoms with Crippen LogP contribution in [0.15, 0.2) is 53.4 Å². The number of aryl methyl sites for hydroxylation is 2. The molecule has 0 radical (unpaired) electrons. The molecule has 29 heavy (non-hydrogen) atoms. The van der Waals surface area contributed by atoms with Gasteiger partial charge in [0.15, 0.2) is 0 Å². The van der Waals surface area contributed by atoms with Crippen LogP contribution in [-0.4, -0.2) is 61.3 Å². The number of hydrogen-bond donors (Lipinski definition) is 0. The molecule has 1 aliphatic heterocycles. The third kappa shape index (κ3) is 4.97. The third-order valence-electron chi connectivity index (χ3n) is 5.32. The number of piperazine rings is 1. The van der Waals surface area contributed by atoms with Gasteiger partial charge in [0.25, 0.3) is 10.0 Å². The van der Waals surface area contributed by atoms with Gasteiger partial charge in [-0.3, -0.25) is 0 Å². The van der Waals surface area contributed by atoms with Crippen LogP contribution in [0.4, 0.5) is 4.79 Å². The van der Waals surface area contributed by atoms with Gasteiger partial charge in [-0.1, -0.05) is 54.4 Å². The molecule has 156 valence electrons. The molecule has 0 atom stereocenters. The first-order valence-electron chi connectivity index (χ1n) is 9.97. The zero-order valence-electron chi connectivity index (χ0n) is 17.3. The summed E-state index contributed by atoms with van der Waals surface area (Å²) in [6.07, 6.45) is 0. The summed E-state index contributed by atoms with van der Waals surface area (Å²) in [4.78, 5) is 17.4. The summed E-state index contributed by atoms with van der Waals surface area (Å²) in [6, 6.07) is 13.8. The first-order chi connectivity index (χ1) is 13.8. The minimum absolute atomic E-state index is 0.0186. The Hall–Kier alpha value is -2.38. The van der Waals surface area contributed by atoms with Gasteiger partial charge in [0.2, 0.25) is 0 Å². The fraction of sp³-hybridized carbons (Fsp3) is 0.409. The molecule has 1 heterocycles. The van der Waals surface area contributed by atoms with E-state index < -0.39 is 16.1 Å². The molecule has 7 heteroatoms. The average molecular weight is 416 g/mol. The second kappa shape index (κ2) is 8.97. The number of rotatable bonds is 5. The number of benzene rings is 2. The predicted molar refractivity (Wildman–Crippen MR) is 114 cm³/mol. The highest BCUT2D eigenvalue weighted by molar-refractivity contribution is 7.89. The Kier molecular flexibility index (Phi) is 6.59. The highest BCUT2D eigenvalue weighted by Crippen LogP contribution is 2.22. The lowest BCUT2D eigenvalue weighted by Gasteiger charge is -2.36. The summed E-state index contributed by atoms with van der Waals surface area (Å²) in [5, 5.41) is 0. The van der Waals surface area contributed by atoms with Crippen molar-refractivity contribution in [2.45, 2.75) is 32.2 Å². The fourth-order valence-corrected chi connectivity index (χ4v) is 4.86. The van der Waals surface area contributed by atoms with Crippen LogP contribution in [0.2, 0.25) is 0 Å². The third-order valence-corrected chi connectivity index (χ3v) is 7.05. The summed E-state index contributed by atoms with van der Waals surface area (Å²) in [5.41, 5.74) is 2.79. The summed E-state index contributed by atoms with van der Waals surface area (Å²) in [6.45, 7) is 9.45. The maximum atomic E-state index is 13.4. The van der Waals surface area contributed by atoms with Gasteiger partial charge < -0.3 is 9.80 Å². The van der Waals surface area contributed by atoms with Gasteiger partial charge in [-0.25, -0.2) is 17.5 Å². The average Bonchev–Trinajstić information content (AvgIpc) is 2.72. The molecule has 1 saturated heterocycles. The predicted octanol–water partition coefficient (Wildman–Crippen LogP) is 3.25. The Bertz CT molecular complexity index is 950. The normalized spacial score (nSPS) is 15.3. The molecular weight excluding hydrogens is 386 g/mol. The lowest BCUT2D eigenvalue weighted by Crippen LogP contribution is -2.53. The lowest BCUT2D eigenvalue weighted by atomic mass is 10.1. The second-order valence-electron chi connectivity index (χ2n) is 7.52. The lowest BCUT2D eigenvalue weighted by molar-refractivity contribution is 0.129. The number of likely N-dealkylation sites (N-methyl/N-ethyl adjacent to an activating group) is 1. The number of sulfonamides is 1. The van der Waals surface area contributed by atoms with Crippen molar-refractivity contribution in [2.24, 2.45) is 0 Å². The van der Waals surface area contributed by atoms with Gasteiger partial charge in [-0.05, 0) is 38.1 Å². The molecule has 2 aromatic carbocycles. The van der Waals surface area contributed by atoms with E-state index in [9.17, 15) is 13.2 Å². The van der Waals surface area contributed by atoms with Gasteiger partial charge in [0, 0.05) is 26.2 Å². The van der Waals surface area contributed by atoms with Crippen molar-refractivity contribution in [2.75, 3.05) is 32.7 Å². The minimum Gasteiger partial charge on any atom is -0.321 e. The van der Waals surface area contributed by atoms with Crippen molar-refractivity contribution in [3.8, 4) is 0 Å². The van der Waals surface area contributed by atoms with E-state index in [1.54, 1.807) is 29.2 Å². The zero-order valence-corrected chi connectivity index (χ0v) is 18.2. The summed E-state index contributed by atoms with van der Waals surface area (Å²) in [7, 11) is -3.97. The van der Waals surface area contributed by atoms with Gasteiger partial charge >= 0.3 is 6.03 Å². The number of carbonyl (C=O) groups excluding carboxylic acids is 1. The van der Waals surface area contributed by atoms with Crippen LogP contribution in [0.5, 0.6) is 0 Å². The number of carbonyl (C=O) groups is 1. The Morgan fingerprint density at radius 3 is 2.21 bits per heavy atom.